The minimum atomic E-state index is 0.389. The van der Waals surface area contributed by atoms with Gasteiger partial charge in [0.2, 0.25) is 11.2 Å². The van der Waals surface area contributed by atoms with E-state index in [4.69, 9.17) is 40.6 Å². The predicted molar refractivity (Wildman–Crippen MR) is 167 cm³/mol. The Bertz CT molecular complexity index is 2020. The number of aromatic nitrogens is 6. The maximum absolute atomic E-state index is 6.66. The number of rotatable bonds is 5. The number of halogens is 1. The van der Waals surface area contributed by atoms with Gasteiger partial charge in [-0.15, -0.1) is 0 Å². The van der Waals surface area contributed by atoms with Gasteiger partial charge in [-0.2, -0.15) is 0 Å². The fraction of sp³-hybridized carbons (Fsp3) is 0.152. The van der Waals surface area contributed by atoms with Gasteiger partial charge in [0.15, 0.2) is 11.6 Å². The van der Waals surface area contributed by atoms with Crippen LogP contribution in [0.15, 0.2) is 75.8 Å². The summed E-state index contributed by atoms with van der Waals surface area (Å²) in [5.41, 5.74) is 8.86. The van der Waals surface area contributed by atoms with Gasteiger partial charge in [-0.3, -0.25) is 4.90 Å². The summed E-state index contributed by atoms with van der Waals surface area (Å²) in [6.07, 6.45) is 0. The molecular weight excluding hydrogens is 562 g/mol. The second kappa shape index (κ2) is 10.3. The van der Waals surface area contributed by atoms with E-state index in [0.29, 0.717) is 67.6 Å². The Labute approximate surface area is 252 Å². The van der Waals surface area contributed by atoms with Crippen LogP contribution in [0.4, 0.5) is 17.3 Å². The van der Waals surface area contributed by atoms with E-state index in [2.05, 4.69) is 10.3 Å². The average molecular weight is 588 g/mol. The van der Waals surface area contributed by atoms with Crippen molar-refractivity contribution in [2.45, 2.75) is 34.6 Å². The lowest BCUT2D eigenvalue weighted by molar-refractivity contribution is 0.457. The van der Waals surface area contributed by atoms with E-state index in [1.165, 1.54) is 0 Å². The largest absolute Gasteiger partial charge is 0.350 e. The van der Waals surface area contributed by atoms with Crippen LogP contribution in [-0.4, -0.2) is 30.2 Å². The quantitative estimate of drug-likeness (QED) is 0.196. The van der Waals surface area contributed by atoms with Gasteiger partial charge in [0.1, 0.15) is 34.1 Å². The van der Waals surface area contributed by atoms with Gasteiger partial charge in [0.25, 0.3) is 0 Å². The third-order valence-corrected chi connectivity index (χ3v) is 7.72. The van der Waals surface area contributed by atoms with Crippen LogP contribution in [0.25, 0.3) is 44.7 Å². The summed E-state index contributed by atoms with van der Waals surface area (Å²) in [6.45, 7) is 9.70. The number of nitrogens with zero attached hydrogens (tertiary/aromatic N) is 7. The summed E-state index contributed by atoms with van der Waals surface area (Å²) < 4.78 is 12.0. The normalized spacial score (nSPS) is 11.5. The number of benzene rings is 3. The number of anilines is 3. The van der Waals surface area contributed by atoms with Crippen molar-refractivity contribution in [1.82, 2.24) is 30.2 Å². The zero-order valence-corrected chi connectivity index (χ0v) is 24.9. The molecule has 0 unspecified atom stereocenters. The molecule has 0 bridgehead atoms. The molecule has 3 aromatic carbocycles. The standard InChI is InChI=1S/C33H26ClN7O2/c1-17-6-11-22(12-7-17)26-28-30(42-39-26)32(37-20(4)35-28)41(24-15-10-19(3)25(34)16-24)33-31-29(36-21(5)38-33)27(40-43-31)23-13-8-18(2)9-14-23/h6-16H,1-5H3. The van der Waals surface area contributed by atoms with Gasteiger partial charge < -0.3 is 9.05 Å². The molecule has 0 amide bonds. The summed E-state index contributed by atoms with van der Waals surface area (Å²) in [6, 6.07) is 21.9. The lowest BCUT2D eigenvalue weighted by atomic mass is 10.1. The van der Waals surface area contributed by atoms with Gasteiger partial charge in [-0.05, 0) is 52.3 Å². The highest BCUT2D eigenvalue weighted by Gasteiger charge is 2.29. The fourth-order valence-corrected chi connectivity index (χ4v) is 5.20. The summed E-state index contributed by atoms with van der Waals surface area (Å²) in [4.78, 5) is 21.0. The van der Waals surface area contributed by atoms with E-state index < -0.39 is 0 Å². The second-order valence-corrected chi connectivity index (χ2v) is 11.0. The van der Waals surface area contributed by atoms with E-state index in [1.807, 2.05) is 106 Å². The van der Waals surface area contributed by atoms with Crippen LogP contribution in [-0.2, 0) is 0 Å². The molecule has 0 aliphatic carbocycles. The number of fused-ring (bicyclic) bond motifs is 2. The summed E-state index contributed by atoms with van der Waals surface area (Å²) in [5, 5.41) is 9.45. The van der Waals surface area contributed by atoms with E-state index in [9.17, 15) is 0 Å². The van der Waals surface area contributed by atoms with E-state index in [1.54, 1.807) is 0 Å². The van der Waals surface area contributed by atoms with Crippen LogP contribution < -0.4 is 4.90 Å². The molecule has 7 aromatic rings. The van der Waals surface area contributed by atoms with Crippen molar-refractivity contribution in [3.63, 3.8) is 0 Å². The minimum Gasteiger partial charge on any atom is -0.350 e. The van der Waals surface area contributed by atoms with Gasteiger partial charge in [0.05, 0.1) is 5.69 Å². The van der Waals surface area contributed by atoms with Crippen molar-refractivity contribution >= 4 is 51.1 Å². The molecule has 0 saturated heterocycles. The average Bonchev–Trinajstić information content (AvgIpc) is 3.60. The first kappa shape index (κ1) is 26.7. The van der Waals surface area contributed by atoms with Crippen molar-refractivity contribution in [2.75, 3.05) is 4.90 Å². The first-order valence-corrected chi connectivity index (χ1v) is 14.1. The minimum absolute atomic E-state index is 0.389. The molecule has 7 rings (SSSR count). The highest BCUT2D eigenvalue weighted by molar-refractivity contribution is 6.31. The second-order valence-electron chi connectivity index (χ2n) is 10.6. The molecule has 0 atom stereocenters. The van der Waals surface area contributed by atoms with Crippen molar-refractivity contribution in [3.8, 4) is 22.5 Å². The Balaban J connectivity index is 1.51. The smallest absolute Gasteiger partial charge is 0.229 e. The lowest BCUT2D eigenvalue weighted by Gasteiger charge is -2.23. The summed E-state index contributed by atoms with van der Waals surface area (Å²) in [5.74, 6) is 1.92. The van der Waals surface area contributed by atoms with E-state index in [-0.39, 0.29) is 0 Å². The first-order valence-electron chi connectivity index (χ1n) is 13.8. The molecule has 0 radical (unpaired) electrons. The molecule has 9 nitrogen and oxygen atoms in total. The van der Waals surface area contributed by atoms with Crippen LogP contribution in [0.1, 0.15) is 28.3 Å². The molecular formula is C33H26ClN7O2. The lowest BCUT2D eigenvalue weighted by Crippen LogP contribution is -2.16. The van der Waals surface area contributed by atoms with Gasteiger partial charge >= 0.3 is 0 Å². The van der Waals surface area contributed by atoms with E-state index in [0.717, 1.165) is 27.8 Å². The SMILES string of the molecule is Cc1ccc(-c2noc3c(N(c4ccc(C)c(Cl)c4)c4nc(C)nc5c(-c6ccc(C)cc6)noc45)nc(C)nc23)cc1. The fourth-order valence-electron chi connectivity index (χ4n) is 5.02. The molecule has 0 saturated carbocycles. The molecule has 4 aromatic heterocycles. The maximum Gasteiger partial charge on any atom is 0.229 e. The zero-order valence-electron chi connectivity index (χ0n) is 24.2. The first-order chi connectivity index (χ1) is 20.8. The van der Waals surface area contributed by atoms with Crippen LogP contribution in [0.5, 0.6) is 0 Å². The molecule has 0 fully saturated rings. The predicted octanol–water partition coefficient (Wildman–Crippen LogP) is 8.55. The van der Waals surface area contributed by atoms with Crippen molar-refractivity contribution in [1.29, 1.82) is 0 Å². The maximum atomic E-state index is 6.66. The topological polar surface area (TPSA) is 107 Å². The number of hydrogen-bond acceptors (Lipinski definition) is 9. The molecule has 43 heavy (non-hydrogen) atoms. The summed E-state index contributed by atoms with van der Waals surface area (Å²) >= 11 is 6.66. The number of aryl methyl sites for hydroxylation is 5. The zero-order chi connectivity index (χ0) is 29.8. The highest BCUT2D eigenvalue weighted by Crippen LogP contribution is 2.43. The van der Waals surface area contributed by atoms with Crippen molar-refractivity contribution in [2.24, 2.45) is 0 Å². The van der Waals surface area contributed by atoms with Crippen LogP contribution in [0.3, 0.4) is 0 Å². The van der Waals surface area contributed by atoms with Crippen molar-refractivity contribution < 1.29 is 9.05 Å². The highest BCUT2D eigenvalue weighted by atomic mass is 35.5. The Hall–Kier alpha value is -5.15. The molecule has 0 N–H and O–H groups in total. The molecule has 0 aliphatic rings. The third kappa shape index (κ3) is 4.67. The van der Waals surface area contributed by atoms with Crippen molar-refractivity contribution in [3.05, 3.63) is 100 Å². The Morgan fingerprint density at radius 2 is 1.05 bits per heavy atom. The molecule has 212 valence electrons. The van der Waals surface area contributed by atoms with Gasteiger partial charge in [0, 0.05) is 16.1 Å². The monoisotopic (exact) mass is 587 g/mol. The molecule has 0 aliphatic heterocycles. The molecule has 4 heterocycles. The Morgan fingerprint density at radius 1 is 0.581 bits per heavy atom. The number of hydrogen-bond donors (Lipinski definition) is 0. The van der Waals surface area contributed by atoms with Gasteiger partial charge in [-0.25, -0.2) is 19.9 Å². The molecule has 10 heteroatoms. The van der Waals surface area contributed by atoms with Crippen LogP contribution in [0.2, 0.25) is 5.02 Å². The van der Waals surface area contributed by atoms with E-state index >= 15 is 0 Å². The Morgan fingerprint density at radius 3 is 1.49 bits per heavy atom. The molecule has 0 spiro atoms. The third-order valence-electron chi connectivity index (χ3n) is 7.31. The Kier molecular flexibility index (Phi) is 6.40. The van der Waals surface area contributed by atoms with Crippen LogP contribution in [0, 0.1) is 34.6 Å². The van der Waals surface area contributed by atoms with Crippen LogP contribution >= 0.6 is 11.6 Å². The summed E-state index contributed by atoms with van der Waals surface area (Å²) in [7, 11) is 0. The van der Waals surface area contributed by atoms with Gasteiger partial charge in [-0.1, -0.05) is 87.6 Å².